The molecule has 7 nitrogen and oxygen atoms in total. The Kier molecular flexibility index (Phi) is 7.00. The lowest BCUT2D eigenvalue weighted by molar-refractivity contribution is -0.116. The van der Waals surface area contributed by atoms with Crippen molar-refractivity contribution in [1.82, 2.24) is 4.98 Å². The minimum absolute atomic E-state index is 0.125. The van der Waals surface area contributed by atoms with Crippen LogP contribution in [0.25, 0.3) is 0 Å². The number of benzene rings is 2. The zero-order valence-electron chi connectivity index (χ0n) is 16.8. The summed E-state index contributed by atoms with van der Waals surface area (Å²) in [7, 11) is 3.16. The maximum Gasteiger partial charge on any atom is 0.257 e. The maximum absolute atomic E-state index is 12.4. The van der Waals surface area contributed by atoms with Crippen molar-refractivity contribution in [1.29, 1.82) is 0 Å². The number of carbonyl (C=O) groups is 2. The minimum atomic E-state index is -0.264. The highest BCUT2D eigenvalue weighted by molar-refractivity contribution is 6.04. The SMILES string of the molecule is COc1ccc(CCC(=O)Nc2cccc(NC(=O)c3cccnc3)c2)cc1OC. The van der Waals surface area contributed by atoms with E-state index in [1.165, 1.54) is 6.20 Å². The molecule has 0 fully saturated rings. The maximum atomic E-state index is 12.4. The Bertz CT molecular complexity index is 1020. The molecule has 2 N–H and O–H groups in total. The van der Waals surface area contributed by atoms with Crippen LogP contribution in [0.5, 0.6) is 11.5 Å². The van der Waals surface area contributed by atoms with Crippen molar-refractivity contribution in [3.63, 3.8) is 0 Å². The Morgan fingerprint density at radius 2 is 1.67 bits per heavy atom. The van der Waals surface area contributed by atoms with Crippen LogP contribution in [0.15, 0.2) is 67.0 Å². The fourth-order valence-electron chi connectivity index (χ4n) is 2.89. The predicted octanol–water partition coefficient (Wildman–Crippen LogP) is 3.92. The second kappa shape index (κ2) is 10.1. The summed E-state index contributed by atoms with van der Waals surface area (Å²) in [5, 5.41) is 5.66. The number of methoxy groups -OCH3 is 2. The molecule has 2 aromatic carbocycles. The van der Waals surface area contributed by atoms with Crippen LogP contribution in [0.2, 0.25) is 0 Å². The zero-order valence-corrected chi connectivity index (χ0v) is 16.8. The van der Waals surface area contributed by atoms with Gasteiger partial charge in [-0.3, -0.25) is 14.6 Å². The summed E-state index contributed by atoms with van der Waals surface area (Å²) in [6.45, 7) is 0. The molecule has 0 aliphatic heterocycles. The van der Waals surface area contributed by atoms with Crippen molar-refractivity contribution in [2.75, 3.05) is 24.9 Å². The number of carbonyl (C=O) groups excluding carboxylic acids is 2. The molecule has 0 saturated heterocycles. The third-order valence-corrected chi connectivity index (χ3v) is 4.42. The van der Waals surface area contributed by atoms with Crippen LogP contribution >= 0.6 is 0 Å². The molecule has 3 aromatic rings. The van der Waals surface area contributed by atoms with Gasteiger partial charge < -0.3 is 20.1 Å². The van der Waals surface area contributed by atoms with Gasteiger partial charge in [-0.25, -0.2) is 0 Å². The molecule has 0 aliphatic rings. The third kappa shape index (κ3) is 5.57. The first-order chi connectivity index (χ1) is 14.6. The molecule has 0 spiro atoms. The van der Waals surface area contributed by atoms with Crippen LogP contribution < -0.4 is 20.1 Å². The first kappa shape index (κ1) is 20.9. The largest absolute Gasteiger partial charge is 0.493 e. The molecule has 0 bridgehead atoms. The molecule has 2 amide bonds. The number of hydrogen-bond acceptors (Lipinski definition) is 5. The second-order valence-electron chi connectivity index (χ2n) is 6.51. The summed E-state index contributed by atoms with van der Waals surface area (Å²) in [6.07, 6.45) is 3.97. The van der Waals surface area contributed by atoms with Gasteiger partial charge in [0.1, 0.15) is 0 Å². The summed E-state index contributed by atoms with van der Waals surface area (Å²) in [5.41, 5.74) is 2.62. The predicted molar refractivity (Wildman–Crippen MR) is 115 cm³/mol. The lowest BCUT2D eigenvalue weighted by Crippen LogP contribution is -2.14. The van der Waals surface area contributed by atoms with Gasteiger partial charge in [-0.05, 0) is 54.4 Å². The summed E-state index contributed by atoms with van der Waals surface area (Å²) < 4.78 is 10.5. The number of amides is 2. The summed E-state index contributed by atoms with van der Waals surface area (Å²) in [4.78, 5) is 28.5. The fourth-order valence-corrected chi connectivity index (χ4v) is 2.89. The lowest BCUT2D eigenvalue weighted by Gasteiger charge is -2.10. The van der Waals surface area contributed by atoms with Crippen molar-refractivity contribution >= 4 is 23.2 Å². The van der Waals surface area contributed by atoms with Gasteiger partial charge in [0.2, 0.25) is 5.91 Å². The number of anilines is 2. The van der Waals surface area contributed by atoms with E-state index in [-0.39, 0.29) is 11.8 Å². The molecular weight excluding hydrogens is 382 g/mol. The zero-order chi connectivity index (χ0) is 21.3. The van der Waals surface area contributed by atoms with E-state index in [1.54, 1.807) is 56.8 Å². The Balaban J connectivity index is 1.57. The average molecular weight is 405 g/mol. The van der Waals surface area contributed by atoms with Crippen LogP contribution in [0.3, 0.4) is 0 Å². The van der Waals surface area contributed by atoms with Crippen molar-refractivity contribution < 1.29 is 19.1 Å². The Hall–Kier alpha value is -3.87. The van der Waals surface area contributed by atoms with Gasteiger partial charge in [0.05, 0.1) is 19.8 Å². The molecular formula is C23H23N3O4. The van der Waals surface area contributed by atoms with Crippen molar-refractivity contribution in [2.45, 2.75) is 12.8 Å². The van der Waals surface area contributed by atoms with Crippen molar-refractivity contribution in [3.05, 3.63) is 78.1 Å². The normalized spacial score (nSPS) is 10.2. The van der Waals surface area contributed by atoms with E-state index in [4.69, 9.17) is 9.47 Å². The van der Waals surface area contributed by atoms with Gasteiger partial charge >= 0.3 is 0 Å². The monoisotopic (exact) mass is 405 g/mol. The van der Waals surface area contributed by atoms with Crippen molar-refractivity contribution in [3.8, 4) is 11.5 Å². The number of rotatable bonds is 8. The molecule has 3 rings (SSSR count). The number of aryl methyl sites for hydroxylation is 1. The van der Waals surface area contributed by atoms with E-state index in [0.29, 0.717) is 41.3 Å². The van der Waals surface area contributed by atoms with E-state index in [9.17, 15) is 9.59 Å². The Labute approximate surface area is 175 Å². The number of aromatic nitrogens is 1. The molecule has 154 valence electrons. The van der Waals surface area contributed by atoms with E-state index in [2.05, 4.69) is 15.6 Å². The van der Waals surface area contributed by atoms with Gasteiger partial charge in [0.15, 0.2) is 11.5 Å². The van der Waals surface area contributed by atoms with E-state index < -0.39 is 0 Å². The topological polar surface area (TPSA) is 89.6 Å². The van der Waals surface area contributed by atoms with Crippen LogP contribution in [0.4, 0.5) is 11.4 Å². The molecule has 1 aromatic heterocycles. The number of ether oxygens (including phenoxy) is 2. The highest BCUT2D eigenvalue weighted by Gasteiger charge is 2.09. The lowest BCUT2D eigenvalue weighted by atomic mass is 10.1. The van der Waals surface area contributed by atoms with E-state index in [0.717, 1.165) is 5.56 Å². The number of nitrogens with zero attached hydrogens (tertiary/aromatic N) is 1. The Morgan fingerprint density at radius 1 is 0.900 bits per heavy atom. The van der Waals surface area contributed by atoms with Gasteiger partial charge in [0, 0.05) is 30.2 Å². The Morgan fingerprint density at radius 3 is 2.37 bits per heavy atom. The van der Waals surface area contributed by atoms with Crippen LogP contribution in [-0.4, -0.2) is 31.0 Å². The molecule has 7 heteroatoms. The molecule has 1 heterocycles. The van der Waals surface area contributed by atoms with Crippen molar-refractivity contribution in [2.24, 2.45) is 0 Å². The standard InChI is InChI=1S/C23H23N3O4/c1-29-20-10-8-16(13-21(20)30-2)9-11-22(27)25-18-6-3-7-19(14-18)26-23(28)17-5-4-12-24-15-17/h3-8,10,12-15H,9,11H2,1-2H3,(H,25,27)(H,26,28). The fraction of sp³-hybridized carbons (Fsp3) is 0.174. The first-order valence-electron chi connectivity index (χ1n) is 9.41. The van der Waals surface area contributed by atoms with E-state index >= 15 is 0 Å². The molecule has 0 aliphatic carbocycles. The third-order valence-electron chi connectivity index (χ3n) is 4.42. The van der Waals surface area contributed by atoms with E-state index in [1.807, 2.05) is 18.2 Å². The smallest absolute Gasteiger partial charge is 0.257 e. The first-order valence-corrected chi connectivity index (χ1v) is 9.41. The van der Waals surface area contributed by atoms with Crippen LogP contribution in [0.1, 0.15) is 22.3 Å². The summed E-state index contributed by atoms with van der Waals surface area (Å²) in [5.74, 6) is 0.892. The van der Waals surface area contributed by atoms with Crippen LogP contribution in [-0.2, 0) is 11.2 Å². The highest BCUT2D eigenvalue weighted by atomic mass is 16.5. The quantitative estimate of drug-likeness (QED) is 0.593. The molecule has 0 unspecified atom stereocenters. The van der Waals surface area contributed by atoms with Gasteiger partial charge in [-0.1, -0.05) is 12.1 Å². The van der Waals surface area contributed by atoms with Gasteiger partial charge in [-0.2, -0.15) is 0 Å². The average Bonchev–Trinajstić information content (AvgIpc) is 2.78. The van der Waals surface area contributed by atoms with Gasteiger partial charge in [-0.15, -0.1) is 0 Å². The molecule has 30 heavy (non-hydrogen) atoms. The summed E-state index contributed by atoms with van der Waals surface area (Å²) >= 11 is 0. The minimum Gasteiger partial charge on any atom is -0.493 e. The number of nitrogens with one attached hydrogen (secondary N) is 2. The highest BCUT2D eigenvalue weighted by Crippen LogP contribution is 2.28. The number of pyridine rings is 1. The van der Waals surface area contributed by atoms with Crippen LogP contribution in [0, 0.1) is 0 Å². The molecule has 0 atom stereocenters. The molecule has 0 saturated carbocycles. The second-order valence-corrected chi connectivity index (χ2v) is 6.51. The molecule has 0 radical (unpaired) electrons. The number of hydrogen-bond donors (Lipinski definition) is 2. The van der Waals surface area contributed by atoms with Gasteiger partial charge in [0.25, 0.3) is 5.91 Å². The summed E-state index contributed by atoms with van der Waals surface area (Å²) in [6, 6.07) is 16.0.